The number of unbranched alkanes of at least 4 members (excludes halogenated alkanes) is 1. The Morgan fingerprint density at radius 3 is 2.14 bits per heavy atom. The summed E-state index contributed by atoms with van der Waals surface area (Å²) in [6.45, 7) is 19.5. The number of rotatable bonds is 11. The van der Waals surface area contributed by atoms with Crippen molar-refractivity contribution >= 4 is 29.9 Å². The molecule has 2 heterocycles. The summed E-state index contributed by atoms with van der Waals surface area (Å²) in [5, 5.41) is 6.85. The van der Waals surface area contributed by atoms with Gasteiger partial charge >= 0.3 is 0 Å². The number of ether oxygens (including phenoxy) is 1. The average molecular weight is 511 g/mol. The lowest BCUT2D eigenvalue weighted by Crippen LogP contribution is -2.46. The number of aliphatic imine (C=N–C) groups is 1. The second-order valence-corrected chi connectivity index (χ2v) is 7.48. The number of nitrogens with one attached hydrogen (secondary N) is 2. The van der Waals surface area contributed by atoms with Crippen LogP contribution in [-0.2, 0) is 4.74 Å². The second kappa shape index (κ2) is 16.6. The SMILES string of the molecule is CCNC(=NCCCN1CCOCC1)NCCCCN1CCN(CC)CC1.I. The van der Waals surface area contributed by atoms with Crippen molar-refractivity contribution in [3.8, 4) is 0 Å². The third-order valence-corrected chi connectivity index (χ3v) is 5.46. The van der Waals surface area contributed by atoms with Crippen LogP contribution in [0.4, 0.5) is 0 Å². The molecule has 8 heteroatoms. The molecular formula is C20H43IN6O. The molecule has 7 nitrogen and oxygen atoms in total. The summed E-state index contributed by atoms with van der Waals surface area (Å²) in [6, 6.07) is 0. The van der Waals surface area contributed by atoms with Gasteiger partial charge in [-0.2, -0.15) is 0 Å². The van der Waals surface area contributed by atoms with Gasteiger partial charge in [-0.3, -0.25) is 9.89 Å². The van der Waals surface area contributed by atoms with Crippen LogP contribution >= 0.6 is 24.0 Å². The highest BCUT2D eigenvalue weighted by molar-refractivity contribution is 14.0. The van der Waals surface area contributed by atoms with Crippen molar-refractivity contribution in [1.29, 1.82) is 0 Å². The molecular weight excluding hydrogens is 467 g/mol. The molecule has 28 heavy (non-hydrogen) atoms. The quantitative estimate of drug-likeness (QED) is 0.189. The maximum absolute atomic E-state index is 5.39. The van der Waals surface area contributed by atoms with Crippen molar-refractivity contribution in [3.63, 3.8) is 0 Å². The smallest absolute Gasteiger partial charge is 0.191 e. The Morgan fingerprint density at radius 2 is 1.46 bits per heavy atom. The minimum Gasteiger partial charge on any atom is -0.379 e. The third kappa shape index (κ3) is 11.1. The molecule has 0 bridgehead atoms. The molecule has 0 amide bonds. The summed E-state index contributed by atoms with van der Waals surface area (Å²) < 4.78 is 5.39. The standard InChI is InChI=1S/C20H42N6O.HI/c1-3-21-20(23-9-7-11-26-16-18-27-19-17-26)22-8-5-6-10-25-14-12-24(4-2)13-15-25;/h3-19H2,1-2H3,(H2,21,22,23);1H. The molecule has 0 radical (unpaired) electrons. The van der Waals surface area contributed by atoms with Crippen molar-refractivity contribution < 1.29 is 4.74 Å². The fourth-order valence-corrected chi connectivity index (χ4v) is 3.65. The van der Waals surface area contributed by atoms with E-state index in [0.717, 1.165) is 64.9 Å². The fourth-order valence-electron chi connectivity index (χ4n) is 3.65. The van der Waals surface area contributed by atoms with Crippen LogP contribution < -0.4 is 10.6 Å². The summed E-state index contributed by atoms with van der Waals surface area (Å²) in [6.07, 6.45) is 3.57. The second-order valence-electron chi connectivity index (χ2n) is 7.48. The number of halogens is 1. The minimum absolute atomic E-state index is 0. The van der Waals surface area contributed by atoms with Crippen molar-refractivity contribution in [2.75, 3.05) is 91.8 Å². The van der Waals surface area contributed by atoms with E-state index in [0.29, 0.717) is 0 Å². The van der Waals surface area contributed by atoms with Gasteiger partial charge in [-0.05, 0) is 39.3 Å². The van der Waals surface area contributed by atoms with Crippen LogP contribution in [0, 0.1) is 0 Å². The van der Waals surface area contributed by atoms with E-state index in [4.69, 9.17) is 9.73 Å². The van der Waals surface area contributed by atoms with Crippen LogP contribution in [0.25, 0.3) is 0 Å². The van der Waals surface area contributed by atoms with E-state index in [2.05, 4.69) is 39.2 Å². The van der Waals surface area contributed by atoms with Crippen LogP contribution in [0.1, 0.15) is 33.1 Å². The molecule has 0 atom stereocenters. The normalized spacial score (nSPS) is 20.0. The Kier molecular flexibility index (Phi) is 15.4. The third-order valence-electron chi connectivity index (χ3n) is 5.46. The molecule has 2 rings (SSSR count). The first-order chi connectivity index (χ1) is 13.3. The van der Waals surface area contributed by atoms with Crippen LogP contribution in [0.3, 0.4) is 0 Å². The summed E-state index contributed by atoms with van der Waals surface area (Å²) in [4.78, 5) is 12.3. The number of guanidine groups is 1. The molecule has 2 saturated heterocycles. The molecule has 0 unspecified atom stereocenters. The van der Waals surface area contributed by atoms with E-state index < -0.39 is 0 Å². The highest BCUT2D eigenvalue weighted by atomic mass is 127. The summed E-state index contributed by atoms with van der Waals surface area (Å²) in [7, 11) is 0. The van der Waals surface area contributed by atoms with Crippen LogP contribution in [0.15, 0.2) is 4.99 Å². The van der Waals surface area contributed by atoms with E-state index in [-0.39, 0.29) is 24.0 Å². The Labute approximate surface area is 189 Å². The van der Waals surface area contributed by atoms with Crippen molar-refractivity contribution in [1.82, 2.24) is 25.3 Å². The molecule has 0 saturated carbocycles. The predicted molar refractivity (Wildman–Crippen MR) is 129 cm³/mol. The lowest BCUT2D eigenvalue weighted by molar-refractivity contribution is 0.0377. The summed E-state index contributed by atoms with van der Waals surface area (Å²) in [5.74, 6) is 0.969. The number of nitrogens with zero attached hydrogens (tertiary/aromatic N) is 4. The molecule has 2 fully saturated rings. The zero-order chi connectivity index (χ0) is 19.2. The minimum atomic E-state index is 0. The van der Waals surface area contributed by atoms with Crippen LogP contribution in [-0.4, -0.2) is 112 Å². The zero-order valence-electron chi connectivity index (χ0n) is 18.1. The Balaban J connectivity index is 0.00000392. The van der Waals surface area contributed by atoms with E-state index in [1.54, 1.807) is 0 Å². The van der Waals surface area contributed by atoms with Crippen LogP contribution in [0.5, 0.6) is 0 Å². The van der Waals surface area contributed by atoms with Gasteiger partial charge in [0.15, 0.2) is 5.96 Å². The van der Waals surface area contributed by atoms with Gasteiger partial charge in [-0.25, -0.2) is 0 Å². The maximum Gasteiger partial charge on any atom is 0.191 e. The van der Waals surface area contributed by atoms with Gasteiger partial charge in [0, 0.05) is 65.4 Å². The molecule has 0 aromatic carbocycles. The predicted octanol–water partition coefficient (Wildman–Crippen LogP) is 1.30. The topological polar surface area (TPSA) is 55.4 Å². The van der Waals surface area contributed by atoms with Gasteiger partial charge in [0.1, 0.15) is 0 Å². The number of likely N-dealkylation sites (N-methyl/N-ethyl adjacent to an activating group) is 1. The van der Waals surface area contributed by atoms with Crippen molar-refractivity contribution in [2.24, 2.45) is 4.99 Å². The van der Waals surface area contributed by atoms with Gasteiger partial charge in [0.2, 0.25) is 0 Å². The van der Waals surface area contributed by atoms with E-state index >= 15 is 0 Å². The number of hydrogen-bond donors (Lipinski definition) is 2. The lowest BCUT2D eigenvalue weighted by atomic mass is 10.2. The molecule has 0 aromatic rings. The highest BCUT2D eigenvalue weighted by Gasteiger charge is 2.14. The average Bonchev–Trinajstić information content (AvgIpc) is 2.72. The number of hydrogen-bond acceptors (Lipinski definition) is 5. The van der Waals surface area contributed by atoms with Gasteiger partial charge in [0.25, 0.3) is 0 Å². The van der Waals surface area contributed by atoms with Gasteiger partial charge in [-0.15, -0.1) is 24.0 Å². The lowest BCUT2D eigenvalue weighted by Gasteiger charge is -2.34. The van der Waals surface area contributed by atoms with Gasteiger partial charge in [0.05, 0.1) is 13.2 Å². The summed E-state index contributed by atoms with van der Waals surface area (Å²) in [5.41, 5.74) is 0. The Morgan fingerprint density at radius 1 is 0.821 bits per heavy atom. The van der Waals surface area contributed by atoms with E-state index in [1.807, 2.05) is 0 Å². The molecule has 2 aliphatic heterocycles. The van der Waals surface area contributed by atoms with E-state index in [9.17, 15) is 0 Å². The molecule has 166 valence electrons. The molecule has 2 aliphatic rings. The maximum atomic E-state index is 5.39. The van der Waals surface area contributed by atoms with Gasteiger partial charge in [-0.1, -0.05) is 6.92 Å². The van der Waals surface area contributed by atoms with Gasteiger partial charge < -0.3 is 25.2 Å². The first kappa shape index (κ1) is 25.9. The summed E-state index contributed by atoms with van der Waals surface area (Å²) >= 11 is 0. The van der Waals surface area contributed by atoms with E-state index in [1.165, 1.54) is 52.1 Å². The largest absolute Gasteiger partial charge is 0.379 e. The molecule has 0 spiro atoms. The highest BCUT2D eigenvalue weighted by Crippen LogP contribution is 2.03. The van der Waals surface area contributed by atoms with Crippen molar-refractivity contribution in [3.05, 3.63) is 0 Å². The Hall–Kier alpha value is -0.160. The molecule has 0 aliphatic carbocycles. The van der Waals surface area contributed by atoms with Crippen molar-refractivity contribution in [2.45, 2.75) is 33.1 Å². The molecule has 2 N–H and O–H groups in total. The fraction of sp³-hybridized carbons (Fsp3) is 0.950. The van der Waals surface area contributed by atoms with Crippen LogP contribution in [0.2, 0.25) is 0 Å². The first-order valence-electron chi connectivity index (χ1n) is 11.1. The Bertz CT molecular complexity index is 398. The monoisotopic (exact) mass is 510 g/mol. The number of piperazine rings is 1. The zero-order valence-corrected chi connectivity index (χ0v) is 20.5. The molecule has 0 aromatic heterocycles. The first-order valence-corrected chi connectivity index (χ1v) is 11.1. The number of morpholine rings is 1.